The Hall–Kier alpha value is -6.70. The van der Waals surface area contributed by atoms with Crippen LogP contribution in [0.25, 0.3) is 77.2 Å². The molecule has 0 spiro atoms. The summed E-state index contributed by atoms with van der Waals surface area (Å²) >= 11 is 0. The van der Waals surface area contributed by atoms with Crippen LogP contribution in [0.15, 0.2) is 188 Å². The van der Waals surface area contributed by atoms with E-state index in [1.54, 1.807) is 0 Å². The van der Waals surface area contributed by atoms with Gasteiger partial charge in [-0.15, -0.1) is 0 Å². The molecule has 1 heteroatoms. The minimum Gasteiger partial charge on any atom is -0.366 e. The van der Waals surface area contributed by atoms with Crippen molar-refractivity contribution in [3.63, 3.8) is 0 Å². The lowest BCUT2D eigenvalue weighted by atomic mass is 9.82. The molecule has 55 heavy (non-hydrogen) atoms. The van der Waals surface area contributed by atoms with Crippen molar-refractivity contribution in [2.24, 2.45) is 0 Å². The fourth-order valence-corrected chi connectivity index (χ4v) is 9.89. The van der Waals surface area contributed by atoms with Gasteiger partial charge >= 0.3 is 0 Å². The molecule has 0 N–H and O–H groups in total. The molecule has 0 fully saturated rings. The Balaban J connectivity index is 1.14. The highest BCUT2D eigenvalue weighted by Crippen LogP contribution is 2.59. The van der Waals surface area contributed by atoms with Crippen molar-refractivity contribution in [2.75, 3.05) is 11.9 Å². The maximum absolute atomic E-state index is 2.51. The van der Waals surface area contributed by atoms with Gasteiger partial charge in [-0.1, -0.05) is 188 Å². The first-order valence-electron chi connectivity index (χ1n) is 19.4. The fraction of sp³-hybridized carbons (Fsp3) is 0.0741. The van der Waals surface area contributed by atoms with Crippen molar-refractivity contribution in [3.05, 3.63) is 210 Å². The summed E-state index contributed by atoms with van der Waals surface area (Å²) in [5, 5.41) is 5.21. The number of benzene rings is 9. The van der Waals surface area contributed by atoms with Gasteiger partial charge in [0.1, 0.15) is 0 Å². The van der Waals surface area contributed by atoms with E-state index in [-0.39, 0.29) is 12.0 Å². The Labute approximate surface area is 322 Å². The van der Waals surface area contributed by atoms with Gasteiger partial charge in [-0.25, -0.2) is 0 Å². The predicted molar refractivity (Wildman–Crippen MR) is 233 cm³/mol. The maximum atomic E-state index is 2.51. The van der Waals surface area contributed by atoms with Crippen LogP contribution in [0.1, 0.15) is 34.2 Å². The SMILES string of the molecule is Cc1ccc(C2c3ccc(-c4ccc5c6c(cccc46)-c4c-5c(-c5ccccc5)c5ccccc5c4-c4ccccc4)cc3N(C)C2c2ccccc2)cc1. The molecule has 9 aromatic carbocycles. The molecule has 0 aromatic heterocycles. The first-order chi connectivity index (χ1) is 27.2. The van der Waals surface area contributed by atoms with Gasteiger partial charge in [0.25, 0.3) is 0 Å². The predicted octanol–water partition coefficient (Wildman–Crippen LogP) is 14.3. The molecule has 0 saturated heterocycles. The molecule has 11 rings (SSSR count). The van der Waals surface area contributed by atoms with Gasteiger partial charge < -0.3 is 4.90 Å². The Morgan fingerprint density at radius 2 is 0.945 bits per heavy atom. The van der Waals surface area contributed by atoms with Crippen LogP contribution in [0.3, 0.4) is 0 Å². The maximum Gasteiger partial charge on any atom is 0.0649 e. The summed E-state index contributed by atoms with van der Waals surface area (Å²) in [7, 11) is 2.28. The zero-order valence-corrected chi connectivity index (χ0v) is 31.0. The second kappa shape index (κ2) is 12.4. The van der Waals surface area contributed by atoms with E-state index in [0.29, 0.717) is 0 Å². The summed E-state index contributed by atoms with van der Waals surface area (Å²) in [6, 6.07) is 70.3. The van der Waals surface area contributed by atoms with Crippen LogP contribution in [0, 0.1) is 6.92 Å². The van der Waals surface area contributed by atoms with Gasteiger partial charge in [0.05, 0.1) is 6.04 Å². The molecule has 0 bridgehead atoms. The number of hydrogen-bond acceptors (Lipinski definition) is 1. The third kappa shape index (κ3) is 4.79. The van der Waals surface area contributed by atoms with Gasteiger partial charge in [-0.05, 0) is 107 Å². The number of hydrogen-bond donors (Lipinski definition) is 0. The van der Waals surface area contributed by atoms with Crippen LogP contribution >= 0.6 is 0 Å². The lowest BCUT2D eigenvalue weighted by Gasteiger charge is -2.28. The molecule has 9 aromatic rings. The van der Waals surface area contributed by atoms with E-state index >= 15 is 0 Å². The molecule has 0 saturated carbocycles. The van der Waals surface area contributed by atoms with Gasteiger partial charge in [0.15, 0.2) is 0 Å². The highest BCUT2D eigenvalue weighted by Gasteiger charge is 2.39. The molecule has 1 aliphatic heterocycles. The number of aryl methyl sites for hydroxylation is 1. The molecule has 0 amide bonds. The van der Waals surface area contributed by atoms with Crippen molar-refractivity contribution < 1.29 is 0 Å². The average Bonchev–Trinajstić information content (AvgIpc) is 3.73. The van der Waals surface area contributed by atoms with Crippen molar-refractivity contribution in [1.82, 2.24) is 0 Å². The highest BCUT2D eigenvalue weighted by atomic mass is 15.2. The first kappa shape index (κ1) is 31.8. The lowest BCUT2D eigenvalue weighted by molar-refractivity contribution is 0.639. The van der Waals surface area contributed by atoms with E-state index in [0.717, 1.165) is 0 Å². The van der Waals surface area contributed by atoms with Gasteiger partial charge in [0, 0.05) is 18.7 Å². The summed E-state index contributed by atoms with van der Waals surface area (Å²) in [5.74, 6) is 0.237. The number of anilines is 1. The molecule has 2 unspecified atom stereocenters. The number of rotatable bonds is 5. The monoisotopic (exact) mass is 701 g/mol. The topological polar surface area (TPSA) is 3.24 Å². The minimum atomic E-state index is 0.207. The van der Waals surface area contributed by atoms with Crippen molar-refractivity contribution in [1.29, 1.82) is 0 Å². The summed E-state index contributed by atoms with van der Waals surface area (Å²) in [5.41, 5.74) is 19.6. The third-order valence-electron chi connectivity index (χ3n) is 12.3. The molecule has 1 nitrogen and oxygen atoms in total. The van der Waals surface area contributed by atoms with E-state index in [1.165, 1.54) is 105 Å². The standard InChI is InChI=1S/C54H39N/c1-34-25-27-37(28-26-34)50-44-30-29-39(33-47(44)55(2)54(50)38-19-10-5-11-20-38)40-31-32-46-51-41(40)23-14-24-45(51)52-48(35-15-6-3-7-16-35)42-21-12-13-22-43(42)49(53(46)52)36-17-8-4-9-18-36/h3-33,50,54H,1-2H3. The quantitative estimate of drug-likeness (QED) is 0.173. The van der Waals surface area contributed by atoms with Crippen molar-refractivity contribution >= 4 is 27.2 Å². The lowest BCUT2D eigenvalue weighted by Crippen LogP contribution is -2.22. The van der Waals surface area contributed by atoms with E-state index in [4.69, 9.17) is 0 Å². The van der Waals surface area contributed by atoms with Crippen LogP contribution in [0.5, 0.6) is 0 Å². The normalized spacial score (nSPS) is 15.4. The molecule has 0 radical (unpaired) electrons. The van der Waals surface area contributed by atoms with Crippen LogP contribution in [-0.4, -0.2) is 7.05 Å². The summed E-state index contributed by atoms with van der Waals surface area (Å²) in [6.07, 6.45) is 0. The smallest absolute Gasteiger partial charge is 0.0649 e. The summed E-state index contributed by atoms with van der Waals surface area (Å²) < 4.78 is 0. The molecule has 1 aliphatic carbocycles. The van der Waals surface area contributed by atoms with Crippen LogP contribution in [0.2, 0.25) is 0 Å². The number of likely N-dealkylation sites (N-methyl/N-ethyl adjacent to an activating group) is 1. The van der Waals surface area contributed by atoms with Crippen molar-refractivity contribution in [2.45, 2.75) is 18.9 Å². The van der Waals surface area contributed by atoms with Crippen LogP contribution in [0.4, 0.5) is 5.69 Å². The largest absolute Gasteiger partial charge is 0.366 e. The van der Waals surface area contributed by atoms with Crippen molar-refractivity contribution in [3.8, 4) is 55.6 Å². The number of nitrogens with zero attached hydrogens (tertiary/aromatic N) is 1. The molecule has 260 valence electrons. The molecular weight excluding hydrogens is 663 g/mol. The van der Waals surface area contributed by atoms with Crippen LogP contribution in [-0.2, 0) is 0 Å². The molecule has 1 heterocycles. The van der Waals surface area contributed by atoms with Crippen LogP contribution < -0.4 is 4.90 Å². The Kier molecular flexibility index (Phi) is 7.19. The zero-order valence-electron chi connectivity index (χ0n) is 31.0. The highest BCUT2D eigenvalue weighted by molar-refractivity contribution is 6.28. The average molecular weight is 702 g/mol. The zero-order chi connectivity index (χ0) is 36.6. The van der Waals surface area contributed by atoms with Gasteiger partial charge in [-0.2, -0.15) is 0 Å². The Bertz CT molecular complexity index is 2830. The second-order valence-corrected chi connectivity index (χ2v) is 15.3. The molecular formula is C54H39N. The van der Waals surface area contributed by atoms with E-state index < -0.39 is 0 Å². The van der Waals surface area contributed by atoms with Gasteiger partial charge in [0.2, 0.25) is 0 Å². The van der Waals surface area contributed by atoms with E-state index in [1.807, 2.05) is 0 Å². The second-order valence-electron chi connectivity index (χ2n) is 15.3. The fourth-order valence-electron chi connectivity index (χ4n) is 9.89. The Morgan fingerprint density at radius 3 is 1.58 bits per heavy atom. The number of fused-ring (bicyclic) bond motifs is 5. The third-order valence-corrected chi connectivity index (χ3v) is 12.3. The first-order valence-corrected chi connectivity index (χ1v) is 19.4. The van der Waals surface area contributed by atoms with E-state index in [2.05, 4.69) is 207 Å². The van der Waals surface area contributed by atoms with Gasteiger partial charge in [-0.3, -0.25) is 0 Å². The molecule has 2 atom stereocenters. The summed E-state index contributed by atoms with van der Waals surface area (Å²) in [4.78, 5) is 2.51. The summed E-state index contributed by atoms with van der Waals surface area (Å²) in [6.45, 7) is 2.17. The minimum absolute atomic E-state index is 0.207. The van der Waals surface area contributed by atoms with E-state index in [9.17, 15) is 0 Å². The molecule has 2 aliphatic rings. The Morgan fingerprint density at radius 1 is 0.400 bits per heavy atom.